The zero-order valence-corrected chi connectivity index (χ0v) is 33.6. The zero-order valence-electron chi connectivity index (χ0n) is 32.7. The van der Waals surface area contributed by atoms with E-state index < -0.39 is 7.67 Å². The predicted molar refractivity (Wildman–Crippen MR) is 234 cm³/mol. The maximum absolute atomic E-state index is 16.1. The predicted octanol–water partition coefficient (Wildman–Crippen LogP) is 14.0. The first-order valence-electron chi connectivity index (χ1n) is 22.0. The van der Waals surface area contributed by atoms with Crippen molar-refractivity contribution in [3.63, 3.8) is 0 Å². The summed E-state index contributed by atoms with van der Waals surface area (Å²) in [6.45, 7) is 0. The average molecular weight is 767 g/mol. The van der Waals surface area contributed by atoms with E-state index in [0.717, 1.165) is 90.9 Å². The molecule has 0 saturated heterocycles. The van der Waals surface area contributed by atoms with E-state index in [1.54, 1.807) is 9.34 Å². The van der Waals surface area contributed by atoms with Crippen LogP contribution in [0.1, 0.15) is 88.2 Å². The highest BCUT2D eigenvalue weighted by Crippen LogP contribution is 2.68. The molecule has 0 spiro atoms. The van der Waals surface area contributed by atoms with Crippen LogP contribution in [0, 0.1) is 35.5 Å². The maximum Gasteiger partial charge on any atom is 0.403 e. The molecule has 5 heteroatoms. The van der Waals surface area contributed by atoms with Gasteiger partial charge in [-0.15, -0.1) is 0 Å². The largest absolute Gasteiger partial charge is 0.403 e. The van der Waals surface area contributed by atoms with Crippen molar-refractivity contribution in [2.45, 2.75) is 87.9 Å². The van der Waals surface area contributed by atoms with Crippen LogP contribution in [0.15, 0.2) is 121 Å². The molecule has 0 radical (unpaired) electrons. The molecule has 8 saturated carbocycles. The van der Waals surface area contributed by atoms with Crippen molar-refractivity contribution >= 4 is 52.0 Å². The van der Waals surface area contributed by atoms with Gasteiger partial charge < -0.3 is 4.89 Å². The molecule has 286 valence electrons. The summed E-state index contributed by atoms with van der Waals surface area (Å²) in [5.74, 6) is 5.14. The minimum Gasteiger partial charge on any atom is -0.313 e. The van der Waals surface area contributed by atoms with Crippen LogP contribution in [-0.2, 0) is 15.4 Å². The molecule has 6 aromatic rings. The molecule has 6 aromatic carbocycles. The summed E-state index contributed by atoms with van der Waals surface area (Å²) >= 11 is 0. The highest BCUT2D eigenvalue weighted by atomic mass is 31.2. The van der Waals surface area contributed by atoms with Gasteiger partial charge in [-0.25, -0.2) is 4.57 Å². The first kappa shape index (κ1) is 33.6. The van der Waals surface area contributed by atoms with Gasteiger partial charge >= 0.3 is 7.67 Å². The monoisotopic (exact) mass is 766 g/mol. The van der Waals surface area contributed by atoms with Crippen LogP contribution in [0.2, 0.25) is 0 Å². The quantitative estimate of drug-likeness (QED) is 0.182. The van der Waals surface area contributed by atoms with E-state index in [9.17, 15) is 4.89 Å². The summed E-state index contributed by atoms with van der Waals surface area (Å²) in [5.41, 5.74) is 8.44. The fraction of sp³-hybridized carbons (Fsp3) is 0.385. The Bertz CT molecular complexity index is 2410. The van der Waals surface area contributed by atoms with Gasteiger partial charge in [-0.1, -0.05) is 84.9 Å². The average Bonchev–Trinajstić information content (AvgIpc) is 3.29. The van der Waals surface area contributed by atoms with Crippen LogP contribution >= 0.6 is 7.67 Å². The number of nitrogens with zero attached hydrogens (tertiary/aromatic N) is 2. The Balaban J connectivity index is 1.01. The molecule has 57 heavy (non-hydrogen) atoms. The second kappa shape index (κ2) is 11.9. The Morgan fingerprint density at radius 2 is 0.772 bits per heavy atom. The highest BCUT2D eigenvalue weighted by Gasteiger charge is 2.53. The summed E-state index contributed by atoms with van der Waals surface area (Å²) in [7, 11) is -4.39. The minimum absolute atomic E-state index is 0.253. The zero-order chi connectivity index (χ0) is 37.7. The number of rotatable bonds is 4. The van der Waals surface area contributed by atoms with Gasteiger partial charge in [0.2, 0.25) is 0 Å². The third-order valence-electron chi connectivity index (χ3n) is 16.6. The van der Waals surface area contributed by atoms with Crippen molar-refractivity contribution in [2.75, 3.05) is 9.34 Å². The lowest BCUT2D eigenvalue weighted by Crippen LogP contribution is -2.48. The van der Waals surface area contributed by atoms with Gasteiger partial charge in [0, 0.05) is 11.1 Å². The van der Waals surface area contributed by atoms with Crippen LogP contribution in [-0.4, -0.2) is 4.89 Å². The molecule has 8 fully saturated rings. The van der Waals surface area contributed by atoms with E-state index in [4.69, 9.17) is 0 Å². The Labute approximate surface area is 336 Å². The molecular formula is C52H51N2O2P. The van der Waals surface area contributed by atoms with Gasteiger partial charge in [0.05, 0.1) is 22.7 Å². The van der Waals surface area contributed by atoms with Crippen molar-refractivity contribution in [3.8, 4) is 11.1 Å². The molecule has 9 aliphatic rings. The van der Waals surface area contributed by atoms with E-state index in [0.29, 0.717) is 0 Å². The van der Waals surface area contributed by atoms with Crippen LogP contribution in [0.4, 0.5) is 22.7 Å². The molecule has 1 aliphatic heterocycles. The van der Waals surface area contributed by atoms with E-state index >= 15 is 4.57 Å². The lowest BCUT2D eigenvalue weighted by molar-refractivity contribution is -0.00530. The molecular weight excluding hydrogens is 716 g/mol. The minimum atomic E-state index is -4.39. The first-order chi connectivity index (χ1) is 27.8. The first-order valence-corrected chi connectivity index (χ1v) is 23.6. The molecule has 0 amide bonds. The van der Waals surface area contributed by atoms with Crippen molar-refractivity contribution in [2.24, 2.45) is 35.5 Å². The van der Waals surface area contributed by atoms with Crippen molar-refractivity contribution in [1.29, 1.82) is 0 Å². The molecule has 8 aliphatic carbocycles. The number of hydrogen-bond acceptors (Lipinski definition) is 1. The van der Waals surface area contributed by atoms with Crippen LogP contribution in [0.3, 0.4) is 0 Å². The fourth-order valence-electron chi connectivity index (χ4n) is 15.2. The van der Waals surface area contributed by atoms with E-state index in [1.165, 1.54) is 88.2 Å². The Morgan fingerprint density at radius 3 is 1.12 bits per heavy atom. The Hall–Kier alpha value is -4.37. The number of fused-ring (bicyclic) bond motifs is 7. The molecule has 15 rings (SSSR count). The smallest absolute Gasteiger partial charge is 0.313 e. The molecule has 1 N–H and O–H groups in total. The molecule has 4 nitrogen and oxygen atoms in total. The highest BCUT2D eigenvalue weighted by molar-refractivity contribution is 7.62. The standard InChI is InChI=1S/C52H51N2O2P/c55-57(56)53(43-15-11-41(12-16-43)51-27-33-21-34(28-51)23-35(22-33)29-51)47-19-9-39-5-1-3-7-45(39)49(47)50-46-8-4-2-6-40(46)10-20-48(50)54(57)44-17-13-42(14-18-44)52-30-36-24-37(31-52)26-38(25-36)32-52/h1-20,33-38H,21-32H2,(H,55,56). The Kier molecular flexibility index (Phi) is 6.99. The van der Waals surface area contributed by atoms with Gasteiger partial charge in [0.15, 0.2) is 0 Å². The van der Waals surface area contributed by atoms with Gasteiger partial charge in [-0.2, -0.15) is 0 Å². The van der Waals surface area contributed by atoms with E-state index in [2.05, 4.69) is 121 Å². The number of benzene rings is 6. The van der Waals surface area contributed by atoms with Gasteiger partial charge in [0.25, 0.3) is 0 Å². The summed E-state index contributed by atoms with van der Waals surface area (Å²) in [4.78, 5) is 13.2. The Morgan fingerprint density at radius 1 is 0.439 bits per heavy atom. The second-order valence-corrected chi connectivity index (χ2v) is 21.8. The summed E-state index contributed by atoms with van der Waals surface area (Å²) in [6, 6.07) is 43.5. The summed E-state index contributed by atoms with van der Waals surface area (Å²) in [6.07, 6.45) is 16.3. The topological polar surface area (TPSA) is 43.8 Å². The van der Waals surface area contributed by atoms with Crippen LogP contribution in [0.25, 0.3) is 32.7 Å². The molecule has 1 heterocycles. The second-order valence-electron chi connectivity index (χ2n) is 20.0. The SMILES string of the molecule is O=P1(O)N(c2ccc(C34CC5CC(CC(C5)C3)C4)cc2)c2ccc3ccccc3c2-c2c(ccc3ccccc23)N1c1ccc(C23CC4CC(CC(C4)C2)C3)cc1. The van der Waals surface area contributed by atoms with Crippen LogP contribution < -0.4 is 9.34 Å². The van der Waals surface area contributed by atoms with Crippen molar-refractivity contribution in [3.05, 3.63) is 132 Å². The lowest BCUT2D eigenvalue weighted by Gasteiger charge is -2.57. The number of hydrogen-bond donors (Lipinski definition) is 1. The lowest BCUT2D eigenvalue weighted by atomic mass is 9.48. The van der Waals surface area contributed by atoms with Gasteiger partial charge in [-0.05, 0) is 192 Å². The van der Waals surface area contributed by atoms with Gasteiger partial charge in [-0.3, -0.25) is 9.34 Å². The summed E-state index contributed by atoms with van der Waals surface area (Å²) < 4.78 is 19.7. The molecule has 0 unspecified atom stereocenters. The number of anilines is 4. The molecule has 0 atom stereocenters. The van der Waals surface area contributed by atoms with Crippen molar-refractivity contribution < 1.29 is 9.46 Å². The third-order valence-corrected chi connectivity index (χ3v) is 18.5. The van der Waals surface area contributed by atoms with E-state index in [-0.39, 0.29) is 10.8 Å². The van der Waals surface area contributed by atoms with Crippen LogP contribution in [0.5, 0.6) is 0 Å². The molecule has 8 bridgehead atoms. The van der Waals surface area contributed by atoms with Gasteiger partial charge in [0.1, 0.15) is 0 Å². The van der Waals surface area contributed by atoms with E-state index in [1.807, 2.05) is 0 Å². The third kappa shape index (κ3) is 4.87. The normalized spacial score (nSPS) is 34.5. The van der Waals surface area contributed by atoms with Crippen molar-refractivity contribution in [1.82, 2.24) is 0 Å². The molecule has 0 aromatic heterocycles. The summed E-state index contributed by atoms with van der Waals surface area (Å²) in [5, 5.41) is 4.41. The maximum atomic E-state index is 16.1. The fourth-order valence-corrected chi connectivity index (χ4v) is 17.1.